The van der Waals surface area contributed by atoms with E-state index >= 15 is 0 Å². The summed E-state index contributed by atoms with van der Waals surface area (Å²) in [5, 5.41) is 11.6. The minimum Gasteiger partial charge on any atom is -0.478 e. The van der Waals surface area contributed by atoms with E-state index in [0.29, 0.717) is 25.9 Å². The Balaban J connectivity index is 2.54. The average molecular weight is 268 g/mol. The first kappa shape index (κ1) is 15.2. The monoisotopic (exact) mass is 268 g/mol. The number of carboxylic acid groups (broad SMARTS) is 1. The van der Waals surface area contributed by atoms with Crippen LogP contribution in [0.25, 0.3) is 0 Å². The number of hydrogen-bond donors (Lipinski definition) is 2. The molecule has 106 valence electrons. The van der Waals surface area contributed by atoms with Gasteiger partial charge in [0.2, 0.25) is 11.8 Å². The van der Waals surface area contributed by atoms with Crippen LogP contribution in [0.1, 0.15) is 33.6 Å². The van der Waals surface area contributed by atoms with Crippen molar-refractivity contribution in [2.45, 2.75) is 39.7 Å². The summed E-state index contributed by atoms with van der Waals surface area (Å²) in [6.45, 7) is 5.70. The highest BCUT2D eigenvalue weighted by atomic mass is 16.4. The molecule has 0 spiro atoms. The standard InChI is InChI=1S/C13H20N2O4/c1-8(9(2)13(18)19)12(17)14-11-4-6-15(7-5-11)10(3)16/h11H,4-7H2,1-3H3,(H,14,17)(H,18,19)/b9-8-. The molecule has 0 aromatic heterocycles. The van der Waals surface area contributed by atoms with Crippen molar-refractivity contribution < 1.29 is 19.5 Å². The number of carbonyl (C=O) groups is 3. The summed E-state index contributed by atoms with van der Waals surface area (Å²) >= 11 is 0. The Kier molecular flexibility index (Phi) is 5.09. The fraction of sp³-hybridized carbons (Fsp3) is 0.615. The van der Waals surface area contributed by atoms with E-state index in [4.69, 9.17) is 5.11 Å². The van der Waals surface area contributed by atoms with E-state index in [2.05, 4.69) is 5.32 Å². The average Bonchev–Trinajstić information content (AvgIpc) is 2.37. The first-order valence-electron chi connectivity index (χ1n) is 6.30. The molecule has 19 heavy (non-hydrogen) atoms. The lowest BCUT2D eigenvalue weighted by Gasteiger charge is -2.31. The van der Waals surface area contributed by atoms with Crippen molar-refractivity contribution in [3.63, 3.8) is 0 Å². The highest BCUT2D eigenvalue weighted by molar-refractivity contribution is 6.01. The summed E-state index contributed by atoms with van der Waals surface area (Å²) in [6.07, 6.45) is 1.40. The van der Waals surface area contributed by atoms with Crippen molar-refractivity contribution in [1.29, 1.82) is 0 Å². The summed E-state index contributed by atoms with van der Waals surface area (Å²) in [5.41, 5.74) is 0.278. The maximum absolute atomic E-state index is 11.9. The molecule has 1 rings (SSSR count). The van der Waals surface area contributed by atoms with Gasteiger partial charge < -0.3 is 15.3 Å². The van der Waals surface area contributed by atoms with Gasteiger partial charge >= 0.3 is 5.97 Å². The fourth-order valence-corrected chi connectivity index (χ4v) is 1.96. The Labute approximate surface area is 112 Å². The minimum atomic E-state index is -1.08. The number of carboxylic acids is 1. The van der Waals surface area contributed by atoms with Gasteiger partial charge in [0, 0.05) is 37.2 Å². The van der Waals surface area contributed by atoms with Gasteiger partial charge in [-0.05, 0) is 26.7 Å². The zero-order chi connectivity index (χ0) is 14.6. The fourth-order valence-electron chi connectivity index (χ4n) is 1.96. The van der Waals surface area contributed by atoms with Gasteiger partial charge in [0.1, 0.15) is 0 Å². The molecule has 1 aliphatic rings. The van der Waals surface area contributed by atoms with Crippen molar-refractivity contribution in [1.82, 2.24) is 10.2 Å². The van der Waals surface area contributed by atoms with Gasteiger partial charge in [-0.3, -0.25) is 9.59 Å². The maximum atomic E-state index is 11.9. The molecule has 1 fully saturated rings. The Morgan fingerprint density at radius 1 is 1.05 bits per heavy atom. The molecule has 0 aliphatic carbocycles. The number of amides is 2. The molecule has 0 aromatic rings. The van der Waals surface area contributed by atoms with Crippen molar-refractivity contribution in [2.75, 3.05) is 13.1 Å². The van der Waals surface area contributed by atoms with Crippen molar-refractivity contribution in [3.05, 3.63) is 11.1 Å². The van der Waals surface area contributed by atoms with E-state index in [1.165, 1.54) is 20.8 Å². The van der Waals surface area contributed by atoms with Gasteiger partial charge in [-0.2, -0.15) is 0 Å². The number of rotatable bonds is 3. The van der Waals surface area contributed by atoms with Crippen LogP contribution in [0.3, 0.4) is 0 Å². The number of piperidine rings is 1. The molecule has 0 saturated carbocycles. The topological polar surface area (TPSA) is 86.7 Å². The highest BCUT2D eigenvalue weighted by Crippen LogP contribution is 2.12. The Bertz CT molecular complexity index is 420. The lowest BCUT2D eigenvalue weighted by Crippen LogP contribution is -2.46. The van der Waals surface area contributed by atoms with Crippen LogP contribution in [0.5, 0.6) is 0 Å². The van der Waals surface area contributed by atoms with Crippen molar-refractivity contribution >= 4 is 17.8 Å². The van der Waals surface area contributed by atoms with E-state index in [-0.39, 0.29) is 29.0 Å². The summed E-state index contributed by atoms with van der Waals surface area (Å²) in [7, 11) is 0. The summed E-state index contributed by atoms with van der Waals surface area (Å²) in [6, 6.07) is -0.000329. The van der Waals surface area contributed by atoms with Crippen LogP contribution in [-0.4, -0.2) is 46.9 Å². The molecule has 2 N–H and O–H groups in total. The molecular weight excluding hydrogens is 248 g/mol. The zero-order valence-electron chi connectivity index (χ0n) is 11.5. The molecule has 6 nitrogen and oxygen atoms in total. The van der Waals surface area contributed by atoms with Crippen LogP contribution in [0.4, 0.5) is 0 Å². The predicted octanol–water partition coefficient (Wildman–Crippen LogP) is 0.534. The van der Waals surface area contributed by atoms with Crippen LogP contribution in [0.2, 0.25) is 0 Å². The van der Waals surface area contributed by atoms with Gasteiger partial charge in [-0.25, -0.2) is 4.79 Å². The number of hydrogen-bond acceptors (Lipinski definition) is 3. The molecule has 2 amide bonds. The first-order valence-corrected chi connectivity index (χ1v) is 6.30. The van der Waals surface area contributed by atoms with Crippen LogP contribution >= 0.6 is 0 Å². The van der Waals surface area contributed by atoms with Gasteiger partial charge in [0.25, 0.3) is 0 Å². The number of likely N-dealkylation sites (tertiary alicyclic amines) is 1. The van der Waals surface area contributed by atoms with E-state index < -0.39 is 5.97 Å². The van der Waals surface area contributed by atoms with E-state index in [0.717, 1.165) is 0 Å². The number of carbonyl (C=O) groups excluding carboxylic acids is 2. The van der Waals surface area contributed by atoms with Crippen molar-refractivity contribution in [2.24, 2.45) is 0 Å². The second kappa shape index (κ2) is 6.36. The number of nitrogens with one attached hydrogen (secondary N) is 1. The Morgan fingerprint density at radius 2 is 1.58 bits per heavy atom. The minimum absolute atomic E-state index is 0.000329. The van der Waals surface area contributed by atoms with Gasteiger partial charge in [-0.1, -0.05) is 0 Å². The molecule has 0 atom stereocenters. The molecule has 0 unspecified atom stereocenters. The second-order valence-electron chi connectivity index (χ2n) is 4.81. The van der Waals surface area contributed by atoms with Crippen LogP contribution in [0, 0.1) is 0 Å². The van der Waals surface area contributed by atoms with Crippen LogP contribution in [-0.2, 0) is 14.4 Å². The molecule has 0 radical (unpaired) electrons. The molecule has 0 aromatic carbocycles. The Hall–Kier alpha value is -1.85. The molecule has 1 aliphatic heterocycles. The third-order valence-corrected chi connectivity index (χ3v) is 3.50. The van der Waals surface area contributed by atoms with E-state index in [1.54, 1.807) is 4.90 Å². The van der Waals surface area contributed by atoms with E-state index in [9.17, 15) is 14.4 Å². The zero-order valence-corrected chi connectivity index (χ0v) is 11.5. The van der Waals surface area contributed by atoms with Gasteiger partial charge in [0.15, 0.2) is 0 Å². The molecular formula is C13H20N2O4. The lowest BCUT2D eigenvalue weighted by atomic mass is 10.0. The molecule has 0 bridgehead atoms. The number of nitrogens with zero attached hydrogens (tertiary/aromatic N) is 1. The van der Waals surface area contributed by atoms with Gasteiger partial charge in [-0.15, -0.1) is 0 Å². The predicted molar refractivity (Wildman–Crippen MR) is 69.4 cm³/mol. The molecule has 6 heteroatoms. The second-order valence-corrected chi connectivity index (χ2v) is 4.81. The summed E-state index contributed by atoms with van der Waals surface area (Å²) in [4.78, 5) is 35.5. The van der Waals surface area contributed by atoms with E-state index in [1.807, 2.05) is 0 Å². The van der Waals surface area contributed by atoms with Crippen LogP contribution in [0.15, 0.2) is 11.1 Å². The summed E-state index contributed by atoms with van der Waals surface area (Å²) < 4.78 is 0. The largest absolute Gasteiger partial charge is 0.478 e. The molecule has 1 saturated heterocycles. The van der Waals surface area contributed by atoms with Crippen molar-refractivity contribution in [3.8, 4) is 0 Å². The third kappa shape index (κ3) is 4.08. The third-order valence-electron chi connectivity index (χ3n) is 3.50. The quantitative estimate of drug-likeness (QED) is 0.731. The maximum Gasteiger partial charge on any atom is 0.331 e. The number of aliphatic carboxylic acids is 1. The summed E-state index contributed by atoms with van der Waals surface area (Å²) in [5.74, 6) is -1.39. The Morgan fingerprint density at radius 3 is 2.00 bits per heavy atom. The smallest absolute Gasteiger partial charge is 0.331 e. The SMILES string of the molecule is CC(=O)N1CCC(NC(=O)/C(C)=C(/C)C(=O)O)CC1. The highest BCUT2D eigenvalue weighted by Gasteiger charge is 2.23. The first-order chi connectivity index (χ1) is 8.82. The van der Waals surface area contributed by atoms with Crippen LogP contribution < -0.4 is 5.32 Å². The lowest BCUT2D eigenvalue weighted by molar-refractivity contribution is -0.133. The molecule has 1 heterocycles. The normalized spacial score (nSPS) is 17.7. The van der Waals surface area contributed by atoms with Gasteiger partial charge in [0.05, 0.1) is 0 Å².